The van der Waals surface area contributed by atoms with Gasteiger partial charge in [-0.2, -0.15) is 0 Å². The van der Waals surface area contributed by atoms with E-state index in [0.29, 0.717) is 25.6 Å². The number of carbonyl (C=O) groups is 3. The Bertz CT molecular complexity index is 917. The van der Waals surface area contributed by atoms with Gasteiger partial charge in [0.25, 0.3) is 5.91 Å². The molecular weight excluding hydrogens is 414 g/mol. The Kier molecular flexibility index (Phi) is 6.32. The van der Waals surface area contributed by atoms with Gasteiger partial charge in [0.2, 0.25) is 11.8 Å². The summed E-state index contributed by atoms with van der Waals surface area (Å²) in [6.07, 6.45) is 3.85. The molecule has 2 saturated heterocycles. The molecule has 1 saturated carbocycles. The quantitative estimate of drug-likeness (QED) is 0.697. The third kappa shape index (κ3) is 4.41. The van der Waals surface area contributed by atoms with Gasteiger partial charge in [0.15, 0.2) is 0 Å². The molecule has 0 radical (unpaired) electrons. The Labute approximate surface area is 198 Å². The minimum atomic E-state index is -0.0217. The fourth-order valence-electron chi connectivity index (χ4n) is 6.22. The number of fused-ring (bicyclic) bond motifs is 2. The number of rotatable bonds is 4. The lowest BCUT2D eigenvalue weighted by molar-refractivity contribution is -0.139. The van der Waals surface area contributed by atoms with E-state index in [1.54, 1.807) is 11.8 Å². The zero-order valence-corrected chi connectivity index (χ0v) is 20.9. The lowest BCUT2D eigenvalue weighted by atomic mass is 9.63. The van der Waals surface area contributed by atoms with Crippen LogP contribution in [0.4, 0.5) is 0 Å². The summed E-state index contributed by atoms with van der Waals surface area (Å²) in [6.45, 7) is 12.2. The predicted octanol–water partition coefficient (Wildman–Crippen LogP) is 3.80. The highest BCUT2D eigenvalue weighted by Gasteiger charge is 2.56. The molecule has 0 N–H and O–H groups in total. The summed E-state index contributed by atoms with van der Waals surface area (Å²) in [5, 5.41) is 0. The van der Waals surface area contributed by atoms with Crippen molar-refractivity contribution in [2.45, 2.75) is 59.9 Å². The van der Waals surface area contributed by atoms with Crippen LogP contribution in [-0.2, 0) is 16.1 Å². The lowest BCUT2D eigenvalue weighted by Gasteiger charge is -2.50. The van der Waals surface area contributed by atoms with E-state index in [2.05, 4.69) is 25.7 Å². The number of carbonyl (C=O) groups excluding carboxylic acids is 3. The Morgan fingerprint density at radius 3 is 2.21 bits per heavy atom. The molecule has 0 aromatic heterocycles. The smallest absolute Gasteiger partial charge is 0.253 e. The molecular formula is C27H39N3O3. The number of amides is 3. The van der Waals surface area contributed by atoms with Gasteiger partial charge in [-0.05, 0) is 60.1 Å². The second kappa shape index (κ2) is 8.77. The van der Waals surface area contributed by atoms with Crippen LogP contribution in [0, 0.1) is 22.7 Å². The number of hydrogen-bond donors (Lipinski definition) is 0. The third-order valence-electron chi connectivity index (χ3n) is 9.17. The Morgan fingerprint density at radius 2 is 1.64 bits per heavy atom. The van der Waals surface area contributed by atoms with Gasteiger partial charge >= 0.3 is 0 Å². The van der Waals surface area contributed by atoms with Crippen molar-refractivity contribution in [2.75, 3.05) is 33.2 Å². The summed E-state index contributed by atoms with van der Waals surface area (Å²) in [6, 6.07) is 7.76. The first-order valence-electron chi connectivity index (χ1n) is 12.4. The van der Waals surface area contributed by atoms with Gasteiger partial charge in [-0.15, -0.1) is 0 Å². The molecule has 2 heterocycles. The summed E-state index contributed by atoms with van der Waals surface area (Å²) in [5.41, 5.74) is 2.23. The molecule has 2 atom stereocenters. The van der Waals surface area contributed by atoms with Gasteiger partial charge in [0, 0.05) is 58.2 Å². The van der Waals surface area contributed by atoms with Gasteiger partial charge in [-0.1, -0.05) is 32.9 Å². The molecule has 2 bridgehead atoms. The maximum atomic E-state index is 13.2. The van der Waals surface area contributed by atoms with E-state index in [1.165, 1.54) is 12.8 Å². The van der Waals surface area contributed by atoms with E-state index in [0.717, 1.165) is 37.1 Å². The number of nitrogens with zero attached hydrogens (tertiary/aromatic N) is 3. The van der Waals surface area contributed by atoms with E-state index in [1.807, 2.05) is 36.2 Å². The van der Waals surface area contributed by atoms with Crippen molar-refractivity contribution >= 4 is 17.7 Å². The van der Waals surface area contributed by atoms with Crippen molar-refractivity contribution in [1.82, 2.24) is 14.7 Å². The Balaban J connectivity index is 1.33. The molecule has 0 spiro atoms. The second-order valence-corrected chi connectivity index (χ2v) is 11.4. The Morgan fingerprint density at radius 1 is 1.00 bits per heavy atom. The first-order valence-corrected chi connectivity index (χ1v) is 12.4. The normalized spacial score (nSPS) is 26.9. The molecule has 6 nitrogen and oxygen atoms in total. The summed E-state index contributed by atoms with van der Waals surface area (Å²) >= 11 is 0. The van der Waals surface area contributed by atoms with Crippen LogP contribution in [0.3, 0.4) is 0 Å². The second-order valence-electron chi connectivity index (χ2n) is 11.4. The van der Waals surface area contributed by atoms with Crippen LogP contribution in [-0.4, -0.2) is 65.6 Å². The molecule has 4 rings (SSSR count). The highest BCUT2D eigenvalue weighted by molar-refractivity contribution is 5.94. The summed E-state index contributed by atoms with van der Waals surface area (Å²) in [7, 11) is 1.84. The zero-order chi connectivity index (χ0) is 24.0. The molecule has 3 amide bonds. The largest absolute Gasteiger partial charge is 0.343 e. The molecule has 6 heteroatoms. The highest BCUT2D eigenvalue weighted by atomic mass is 16.2. The monoisotopic (exact) mass is 453 g/mol. The van der Waals surface area contributed by atoms with Crippen LogP contribution in [0.5, 0.6) is 0 Å². The fourth-order valence-corrected chi connectivity index (χ4v) is 6.22. The van der Waals surface area contributed by atoms with Crippen LogP contribution in [0.1, 0.15) is 69.3 Å². The fraction of sp³-hybridized carbons (Fsp3) is 0.667. The third-order valence-corrected chi connectivity index (χ3v) is 9.17. The van der Waals surface area contributed by atoms with E-state index < -0.39 is 0 Å². The lowest BCUT2D eigenvalue weighted by Crippen LogP contribution is -2.53. The van der Waals surface area contributed by atoms with E-state index in [4.69, 9.17) is 0 Å². The Hall–Kier alpha value is -2.37. The first-order chi connectivity index (χ1) is 15.5. The van der Waals surface area contributed by atoms with Crippen molar-refractivity contribution in [3.8, 4) is 0 Å². The topological polar surface area (TPSA) is 60.9 Å². The molecule has 2 aliphatic heterocycles. The maximum absolute atomic E-state index is 13.2. The molecule has 1 aromatic rings. The summed E-state index contributed by atoms with van der Waals surface area (Å²) in [4.78, 5) is 43.3. The van der Waals surface area contributed by atoms with Crippen molar-refractivity contribution in [3.05, 3.63) is 35.4 Å². The molecule has 3 fully saturated rings. The molecule has 3 aliphatic rings. The maximum Gasteiger partial charge on any atom is 0.253 e. The molecule has 2 unspecified atom stereocenters. The van der Waals surface area contributed by atoms with Crippen molar-refractivity contribution in [2.24, 2.45) is 22.7 Å². The van der Waals surface area contributed by atoms with Crippen LogP contribution in [0.25, 0.3) is 0 Å². The van der Waals surface area contributed by atoms with Gasteiger partial charge in [-0.3, -0.25) is 14.4 Å². The zero-order valence-electron chi connectivity index (χ0n) is 20.9. The minimum Gasteiger partial charge on any atom is -0.343 e. The highest BCUT2D eigenvalue weighted by Crippen LogP contribution is 2.59. The van der Waals surface area contributed by atoms with E-state index in [-0.39, 0.29) is 34.5 Å². The molecule has 1 aliphatic carbocycles. The molecule has 33 heavy (non-hydrogen) atoms. The molecule has 1 aromatic carbocycles. The standard InChI is InChI=1S/C27H39N3O3/c1-19(31)29-14-11-22(12-15-29)24(32)28(5)16-20-6-8-21(9-7-20)25(33)30-17-23-10-13-27(4,18-30)26(23,2)3/h6-9,22-23H,10-18H2,1-5H3. The van der Waals surface area contributed by atoms with Gasteiger partial charge in [0.05, 0.1) is 0 Å². The van der Waals surface area contributed by atoms with Crippen molar-refractivity contribution < 1.29 is 14.4 Å². The number of piperidine rings is 2. The average Bonchev–Trinajstić information content (AvgIpc) is 2.92. The van der Waals surface area contributed by atoms with Crippen LogP contribution in [0.15, 0.2) is 24.3 Å². The van der Waals surface area contributed by atoms with Crippen molar-refractivity contribution in [3.63, 3.8) is 0 Å². The van der Waals surface area contributed by atoms with Gasteiger partial charge < -0.3 is 14.7 Å². The van der Waals surface area contributed by atoms with Crippen LogP contribution in [0.2, 0.25) is 0 Å². The van der Waals surface area contributed by atoms with Crippen molar-refractivity contribution in [1.29, 1.82) is 0 Å². The summed E-state index contributed by atoms with van der Waals surface area (Å²) < 4.78 is 0. The van der Waals surface area contributed by atoms with E-state index in [9.17, 15) is 14.4 Å². The first kappa shape index (κ1) is 23.8. The number of hydrogen-bond acceptors (Lipinski definition) is 3. The number of likely N-dealkylation sites (tertiary alicyclic amines) is 2. The molecule has 180 valence electrons. The van der Waals surface area contributed by atoms with E-state index >= 15 is 0 Å². The van der Waals surface area contributed by atoms with Gasteiger partial charge in [0.1, 0.15) is 0 Å². The predicted molar refractivity (Wildman–Crippen MR) is 128 cm³/mol. The number of benzene rings is 1. The van der Waals surface area contributed by atoms with Gasteiger partial charge in [-0.25, -0.2) is 0 Å². The SMILES string of the molecule is CC(=O)N1CCC(C(=O)N(C)Cc2ccc(C(=O)N3CC4CCC(C)(C3)C4(C)C)cc2)CC1. The van der Waals surface area contributed by atoms with Crippen LogP contribution >= 0.6 is 0 Å². The minimum absolute atomic E-state index is 0.0217. The average molecular weight is 454 g/mol. The summed E-state index contributed by atoms with van der Waals surface area (Å²) in [5.74, 6) is 0.891. The van der Waals surface area contributed by atoms with Crippen LogP contribution < -0.4 is 0 Å².